The number of ether oxygens (including phenoxy) is 1. The number of carbonyl (C=O) groups excluding carboxylic acids is 2. The predicted molar refractivity (Wildman–Crippen MR) is 105 cm³/mol. The van der Waals surface area contributed by atoms with Gasteiger partial charge in [0.2, 0.25) is 0 Å². The Hall–Kier alpha value is -2.08. The van der Waals surface area contributed by atoms with Crippen LogP contribution in [0.5, 0.6) is 0 Å². The second-order valence-corrected chi connectivity index (χ2v) is 7.48. The molecule has 6 nitrogen and oxygen atoms in total. The van der Waals surface area contributed by atoms with E-state index >= 15 is 0 Å². The van der Waals surface area contributed by atoms with Crippen LogP contribution in [-0.4, -0.2) is 61.1 Å². The van der Waals surface area contributed by atoms with Crippen LogP contribution in [-0.2, 0) is 11.3 Å². The van der Waals surface area contributed by atoms with Gasteiger partial charge in [0, 0.05) is 51.5 Å². The second-order valence-electron chi connectivity index (χ2n) is 7.48. The Morgan fingerprint density at radius 2 is 1.78 bits per heavy atom. The van der Waals surface area contributed by atoms with Crippen LogP contribution in [0.4, 0.5) is 4.79 Å². The first kappa shape index (κ1) is 19.7. The van der Waals surface area contributed by atoms with E-state index in [1.54, 1.807) is 7.11 Å². The van der Waals surface area contributed by atoms with Gasteiger partial charge >= 0.3 is 6.03 Å². The van der Waals surface area contributed by atoms with Crippen LogP contribution < -0.4 is 5.32 Å². The molecule has 0 radical (unpaired) electrons. The number of nitrogens with one attached hydrogen (secondary N) is 1. The fourth-order valence-corrected chi connectivity index (χ4v) is 3.97. The van der Waals surface area contributed by atoms with Crippen molar-refractivity contribution in [3.05, 3.63) is 35.4 Å². The lowest BCUT2D eigenvalue weighted by molar-refractivity contribution is 0.0792. The first-order valence-corrected chi connectivity index (χ1v) is 10.1. The summed E-state index contributed by atoms with van der Waals surface area (Å²) < 4.78 is 5.18. The quantitative estimate of drug-likeness (QED) is 0.834. The monoisotopic (exact) mass is 373 g/mol. The second kappa shape index (κ2) is 9.74. The average molecular weight is 373 g/mol. The van der Waals surface area contributed by atoms with E-state index in [4.69, 9.17) is 4.74 Å². The number of hydrogen-bond acceptors (Lipinski definition) is 3. The van der Waals surface area contributed by atoms with E-state index in [2.05, 4.69) is 5.32 Å². The molecule has 27 heavy (non-hydrogen) atoms. The summed E-state index contributed by atoms with van der Waals surface area (Å²) >= 11 is 0. The summed E-state index contributed by atoms with van der Waals surface area (Å²) in [6.07, 6.45) is 6.35. The first-order valence-electron chi connectivity index (χ1n) is 10.1. The number of likely N-dealkylation sites (tertiary alicyclic amines) is 2. The molecule has 1 N–H and O–H groups in total. The Kier molecular flexibility index (Phi) is 7.10. The zero-order valence-electron chi connectivity index (χ0n) is 16.3. The van der Waals surface area contributed by atoms with Gasteiger partial charge in [-0.25, -0.2) is 4.79 Å². The molecule has 148 valence electrons. The topological polar surface area (TPSA) is 61.9 Å². The van der Waals surface area contributed by atoms with E-state index in [-0.39, 0.29) is 18.0 Å². The largest absolute Gasteiger partial charge is 0.385 e. The van der Waals surface area contributed by atoms with Crippen LogP contribution in [0.3, 0.4) is 0 Å². The molecule has 0 spiro atoms. The van der Waals surface area contributed by atoms with Gasteiger partial charge in [-0.1, -0.05) is 12.1 Å². The normalized spacial score (nSPS) is 20.0. The first-order chi connectivity index (χ1) is 13.2. The molecule has 0 unspecified atom stereocenters. The minimum absolute atomic E-state index is 0.00646. The van der Waals surface area contributed by atoms with E-state index in [0.29, 0.717) is 13.2 Å². The number of urea groups is 1. The summed E-state index contributed by atoms with van der Waals surface area (Å²) in [5, 5.41) is 3.03. The highest BCUT2D eigenvalue weighted by atomic mass is 16.5. The molecule has 2 aliphatic heterocycles. The molecule has 6 heteroatoms. The van der Waals surface area contributed by atoms with Crippen LogP contribution >= 0.6 is 0 Å². The molecule has 3 amide bonds. The smallest absolute Gasteiger partial charge is 0.317 e. The highest BCUT2D eigenvalue weighted by Gasteiger charge is 2.26. The maximum absolute atomic E-state index is 12.6. The molecule has 0 aromatic heterocycles. The molecule has 0 saturated carbocycles. The van der Waals surface area contributed by atoms with E-state index in [9.17, 15) is 9.59 Å². The number of carbonyl (C=O) groups is 2. The van der Waals surface area contributed by atoms with Crippen molar-refractivity contribution in [2.45, 2.75) is 51.1 Å². The average Bonchev–Trinajstić information content (AvgIpc) is 3.25. The number of nitrogens with zero attached hydrogens (tertiary/aromatic N) is 2. The van der Waals surface area contributed by atoms with Crippen LogP contribution in [0.15, 0.2) is 24.3 Å². The molecule has 3 rings (SSSR count). The molecular formula is C21H31N3O3. The van der Waals surface area contributed by atoms with E-state index < -0.39 is 0 Å². The molecule has 2 saturated heterocycles. The molecule has 0 aliphatic carbocycles. The number of rotatable bonds is 6. The van der Waals surface area contributed by atoms with Gasteiger partial charge in [0.25, 0.3) is 5.91 Å². The zero-order chi connectivity index (χ0) is 19.1. The summed E-state index contributed by atoms with van der Waals surface area (Å²) in [6, 6.07) is 7.85. The lowest BCUT2D eigenvalue weighted by atomic mass is 10.00. The van der Waals surface area contributed by atoms with Gasteiger partial charge in [0.05, 0.1) is 0 Å². The molecule has 2 aliphatic rings. The Balaban J connectivity index is 1.51. The van der Waals surface area contributed by atoms with Gasteiger partial charge in [-0.3, -0.25) is 4.79 Å². The molecule has 0 bridgehead atoms. The van der Waals surface area contributed by atoms with Crippen molar-refractivity contribution in [1.29, 1.82) is 0 Å². The Labute approximate surface area is 161 Å². The summed E-state index contributed by atoms with van der Waals surface area (Å²) in [4.78, 5) is 28.9. The van der Waals surface area contributed by atoms with Gasteiger partial charge in [-0.15, -0.1) is 0 Å². The van der Waals surface area contributed by atoms with Gasteiger partial charge in [-0.2, -0.15) is 0 Å². The summed E-state index contributed by atoms with van der Waals surface area (Å²) in [5.74, 6) is 0.109. The predicted octanol–water partition coefficient (Wildman–Crippen LogP) is 3.02. The third-order valence-electron chi connectivity index (χ3n) is 5.58. The zero-order valence-corrected chi connectivity index (χ0v) is 16.3. The number of piperidine rings is 1. The van der Waals surface area contributed by atoms with Gasteiger partial charge in [0.15, 0.2) is 0 Å². The standard InChI is InChI=1S/C21H31N3O3/c1-27-15-11-19-6-2-3-14-24(19)21(26)22-16-17-7-9-18(10-8-17)20(25)23-12-4-5-13-23/h7-10,19H,2-6,11-16H2,1H3,(H,22,26)/t19-/m1/s1. The fourth-order valence-electron chi connectivity index (χ4n) is 3.97. The van der Waals surface area contributed by atoms with E-state index in [0.717, 1.165) is 62.9 Å². The Morgan fingerprint density at radius 1 is 1.07 bits per heavy atom. The SMILES string of the molecule is COCC[C@H]1CCCCN1C(=O)NCc1ccc(C(=O)N2CCCC2)cc1. The number of hydrogen-bond donors (Lipinski definition) is 1. The maximum Gasteiger partial charge on any atom is 0.317 e. The summed E-state index contributed by atoms with van der Waals surface area (Å²) in [5.41, 5.74) is 1.73. The number of benzene rings is 1. The summed E-state index contributed by atoms with van der Waals surface area (Å²) in [6.45, 7) is 3.68. The van der Waals surface area contributed by atoms with Crippen LogP contribution in [0.2, 0.25) is 0 Å². The van der Waals surface area contributed by atoms with Crippen molar-refractivity contribution in [3.8, 4) is 0 Å². The van der Waals surface area contributed by atoms with Gasteiger partial charge in [-0.05, 0) is 56.2 Å². The van der Waals surface area contributed by atoms with E-state index in [1.165, 1.54) is 6.42 Å². The number of amides is 3. The van der Waals surface area contributed by atoms with E-state index in [1.807, 2.05) is 34.1 Å². The van der Waals surface area contributed by atoms with Crippen molar-refractivity contribution < 1.29 is 14.3 Å². The number of methoxy groups -OCH3 is 1. The highest BCUT2D eigenvalue weighted by Crippen LogP contribution is 2.20. The van der Waals surface area contributed by atoms with Crippen molar-refractivity contribution >= 4 is 11.9 Å². The minimum Gasteiger partial charge on any atom is -0.385 e. The molecule has 2 fully saturated rings. The molecule has 1 atom stereocenters. The van der Waals surface area contributed by atoms with Crippen molar-refractivity contribution in [2.24, 2.45) is 0 Å². The Morgan fingerprint density at radius 3 is 2.48 bits per heavy atom. The van der Waals surface area contributed by atoms with Gasteiger partial charge < -0.3 is 19.9 Å². The summed E-state index contributed by atoms with van der Waals surface area (Å²) in [7, 11) is 1.70. The minimum atomic E-state index is -0.00646. The lowest BCUT2D eigenvalue weighted by Crippen LogP contribution is -2.48. The molecule has 2 heterocycles. The lowest BCUT2D eigenvalue weighted by Gasteiger charge is -2.35. The third-order valence-corrected chi connectivity index (χ3v) is 5.58. The molecular weight excluding hydrogens is 342 g/mol. The van der Waals surface area contributed by atoms with Crippen LogP contribution in [0.1, 0.15) is 54.4 Å². The van der Waals surface area contributed by atoms with Crippen molar-refractivity contribution in [3.63, 3.8) is 0 Å². The van der Waals surface area contributed by atoms with Crippen molar-refractivity contribution in [2.75, 3.05) is 33.4 Å². The van der Waals surface area contributed by atoms with Gasteiger partial charge in [0.1, 0.15) is 0 Å². The van der Waals surface area contributed by atoms with Crippen LogP contribution in [0.25, 0.3) is 0 Å². The maximum atomic E-state index is 12.6. The Bertz CT molecular complexity index is 626. The third kappa shape index (κ3) is 5.22. The van der Waals surface area contributed by atoms with Crippen molar-refractivity contribution in [1.82, 2.24) is 15.1 Å². The highest BCUT2D eigenvalue weighted by molar-refractivity contribution is 5.94. The molecule has 1 aromatic rings. The fraction of sp³-hybridized carbons (Fsp3) is 0.619. The molecule has 1 aromatic carbocycles. The van der Waals surface area contributed by atoms with Crippen LogP contribution in [0, 0.1) is 0 Å².